The molecule has 0 bridgehead atoms. The summed E-state index contributed by atoms with van der Waals surface area (Å²) in [5, 5.41) is 0. The van der Waals surface area contributed by atoms with Crippen LogP contribution in [0.15, 0.2) is 43.0 Å². The van der Waals surface area contributed by atoms with Crippen molar-refractivity contribution in [3.05, 3.63) is 48.6 Å². The second kappa shape index (κ2) is 8.18. The van der Waals surface area contributed by atoms with Crippen LogP contribution in [0.25, 0.3) is 0 Å². The van der Waals surface area contributed by atoms with Gasteiger partial charge in [-0.3, -0.25) is 9.59 Å². The second-order valence-electron chi connectivity index (χ2n) is 6.10. The molecule has 1 heterocycles. The zero-order valence-electron chi connectivity index (χ0n) is 13.8. The molecule has 1 aliphatic heterocycles. The lowest BCUT2D eigenvalue weighted by Gasteiger charge is -2.24. The topological polar surface area (TPSA) is 40.6 Å². The Balaban J connectivity index is 1.97. The van der Waals surface area contributed by atoms with E-state index < -0.39 is 24.5 Å². The fourth-order valence-corrected chi connectivity index (χ4v) is 2.92. The summed E-state index contributed by atoms with van der Waals surface area (Å²) in [4.78, 5) is 26.7. The van der Waals surface area contributed by atoms with Gasteiger partial charge in [-0.1, -0.05) is 36.4 Å². The minimum atomic E-state index is -4.46. The van der Waals surface area contributed by atoms with Crippen LogP contribution in [0, 0.1) is 5.92 Å². The first-order chi connectivity index (χ1) is 11.8. The van der Waals surface area contributed by atoms with Gasteiger partial charge in [0.05, 0.1) is 5.92 Å². The first-order valence-electron chi connectivity index (χ1n) is 8.08. The smallest absolute Gasteiger partial charge is 0.338 e. The minimum Gasteiger partial charge on any atom is -0.338 e. The predicted octanol–water partition coefficient (Wildman–Crippen LogP) is 2.65. The Labute approximate surface area is 144 Å². The van der Waals surface area contributed by atoms with Gasteiger partial charge in [0.2, 0.25) is 11.8 Å². The molecule has 1 aromatic carbocycles. The summed E-state index contributed by atoms with van der Waals surface area (Å²) in [6.07, 6.45) is -2.42. The van der Waals surface area contributed by atoms with Crippen LogP contribution < -0.4 is 0 Å². The molecule has 1 aromatic rings. The van der Waals surface area contributed by atoms with E-state index in [0.29, 0.717) is 24.4 Å². The minimum absolute atomic E-state index is 0.173. The molecule has 7 heteroatoms. The largest absolute Gasteiger partial charge is 0.406 e. The van der Waals surface area contributed by atoms with E-state index in [1.54, 1.807) is 11.0 Å². The summed E-state index contributed by atoms with van der Waals surface area (Å²) >= 11 is 0. The van der Waals surface area contributed by atoms with Crippen molar-refractivity contribution in [1.29, 1.82) is 0 Å². The summed E-state index contributed by atoms with van der Waals surface area (Å²) in [6, 6.07) is 9.59. The van der Waals surface area contributed by atoms with Crippen LogP contribution in [0.1, 0.15) is 12.0 Å². The second-order valence-corrected chi connectivity index (χ2v) is 6.10. The van der Waals surface area contributed by atoms with E-state index in [1.807, 2.05) is 30.3 Å². The molecule has 0 radical (unpaired) electrons. The highest BCUT2D eigenvalue weighted by Gasteiger charge is 2.41. The molecular formula is C18H21F3N2O2. The maximum Gasteiger partial charge on any atom is 0.406 e. The lowest BCUT2D eigenvalue weighted by Crippen LogP contribution is -2.40. The number of rotatable bonds is 7. The number of nitrogens with zero attached hydrogens (tertiary/aromatic N) is 2. The number of benzene rings is 1. The highest BCUT2D eigenvalue weighted by Crippen LogP contribution is 2.25. The normalized spacial score (nSPS) is 17.6. The van der Waals surface area contributed by atoms with Crippen LogP contribution in [0.3, 0.4) is 0 Å². The molecule has 2 rings (SSSR count). The Morgan fingerprint density at radius 2 is 2.00 bits per heavy atom. The molecule has 1 unspecified atom stereocenters. The average molecular weight is 354 g/mol. The molecule has 1 aliphatic rings. The standard InChI is InChI=1S/C18H21F3N2O2/c1-2-9-22(10-8-14-6-4-3-5-7-14)17(25)15-11-16(24)23(12-15)13-18(19,20)21/h2-7,15H,1,8-13H2. The number of carbonyl (C=O) groups is 2. The Hall–Kier alpha value is -2.31. The molecule has 0 saturated carbocycles. The molecule has 4 nitrogen and oxygen atoms in total. The molecule has 0 aliphatic carbocycles. The zero-order valence-corrected chi connectivity index (χ0v) is 13.8. The summed E-state index contributed by atoms with van der Waals surface area (Å²) in [5.74, 6) is -1.66. The number of carbonyl (C=O) groups excluding carboxylic acids is 2. The van der Waals surface area contributed by atoms with Crippen molar-refractivity contribution >= 4 is 11.8 Å². The summed E-state index contributed by atoms with van der Waals surface area (Å²) in [6.45, 7) is 2.86. The van der Waals surface area contributed by atoms with Crippen LogP contribution in [0.2, 0.25) is 0 Å². The highest BCUT2D eigenvalue weighted by atomic mass is 19.4. The summed E-state index contributed by atoms with van der Waals surface area (Å²) in [5.41, 5.74) is 1.06. The van der Waals surface area contributed by atoms with Crippen LogP contribution in [0.5, 0.6) is 0 Å². The Kier molecular flexibility index (Phi) is 6.22. The van der Waals surface area contributed by atoms with Gasteiger partial charge < -0.3 is 9.80 Å². The third kappa shape index (κ3) is 5.62. The summed E-state index contributed by atoms with van der Waals surface area (Å²) < 4.78 is 37.5. The predicted molar refractivity (Wildman–Crippen MR) is 87.7 cm³/mol. The van der Waals surface area contributed by atoms with Crippen LogP contribution >= 0.6 is 0 Å². The molecular weight excluding hydrogens is 333 g/mol. The molecule has 0 aromatic heterocycles. The van der Waals surface area contributed by atoms with Gasteiger partial charge in [-0.05, 0) is 12.0 Å². The van der Waals surface area contributed by atoms with Gasteiger partial charge in [0.1, 0.15) is 6.54 Å². The van der Waals surface area contributed by atoms with Crippen molar-refractivity contribution in [2.75, 3.05) is 26.2 Å². The molecule has 0 N–H and O–H groups in total. The van der Waals surface area contributed by atoms with Gasteiger partial charge in [0, 0.05) is 26.1 Å². The molecule has 0 spiro atoms. The Morgan fingerprint density at radius 3 is 2.60 bits per heavy atom. The fourth-order valence-electron chi connectivity index (χ4n) is 2.92. The maximum absolute atomic E-state index is 12.6. The Bertz CT molecular complexity index is 616. The highest BCUT2D eigenvalue weighted by molar-refractivity contribution is 5.89. The van der Waals surface area contributed by atoms with Crippen molar-refractivity contribution in [1.82, 2.24) is 9.80 Å². The lowest BCUT2D eigenvalue weighted by molar-refractivity contribution is -0.157. The van der Waals surface area contributed by atoms with Crippen LogP contribution in [-0.4, -0.2) is 54.0 Å². The number of hydrogen-bond acceptors (Lipinski definition) is 2. The third-order valence-corrected chi connectivity index (χ3v) is 4.11. The zero-order chi connectivity index (χ0) is 18.4. The number of amides is 2. The van der Waals surface area contributed by atoms with Crippen molar-refractivity contribution in [3.8, 4) is 0 Å². The first kappa shape index (κ1) is 19.0. The van der Waals surface area contributed by atoms with Crippen molar-refractivity contribution < 1.29 is 22.8 Å². The van der Waals surface area contributed by atoms with Crippen LogP contribution in [-0.2, 0) is 16.0 Å². The fraction of sp³-hybridized carbons (Fsp3) is 0.444. The van der Waals surface area contributed by atoms with Gasteiger partial charge >= 0.3 is 6.18 Å². The quantitative estimate of drug-likeness (QED) is 0.707. The van der Waals surface area contributed by atoms with E-state index in [1.165, 1.54) is 0 Å². The molecule has 1 fully saturated rings. The van der Waals surface area contributed by atoms with Gasteiger partial charge in [0.15, 0.2) is 0 Å². The molecule has 25 heavy (non-hydrogen) atoms. The lowest BCUT2D eigenvalue weighted by atomic mass is 10.1. The molecule has 1 atom stereocenters. The van der Waals surface area contributed by atoms with Crippen molar-refractivity contribution in [3.63, 3.8) is 0 Å². The van der Waals surface area contributed by atoms with Gasteiger partial charge in [-0.15, -0.1) is 6.58 Å². The van der Waals surface area contributed by atoms with E-state index in [-0.39, 0.29) is 18.9 Å². The molecule has 1 saturated heterocycles. The Morgan fingerprint density at radius 1 is 1.32 bits per heavy atom. The van der Waals surface area contributed by atoms with Gasteiger partial charge in [-0.2, -0.15) is 13.2 Å². The van der Waals surface area contributed by atoms with Crippen molar-refractivity contribution in [2.45, 2.75) is 19.0 Å². The van der Waals surface area contributed by atoms with E-state index in [9.17, 15) is 22.8 Å². The van der Waals surface area contributed by atoms with E-state index in [2.05, 4.69) is 6.58 Å². The molecule has 136 valence electrons. The third-order valence-electron chi connectivity index (χ3n) is 4.11. The number of alkyl halides is 3. The maximum atomic E-state index is 12.6. The molecule has 2 amide bonds. The van der Waals surface area contributed by atoms with Gasteiger partial charge in [0.25, 0.3) is 0 Å². The van der Waals surface area contributed by atoms with E-state index in [4.69, 9.17) is 0 Å². The summed E-state index contributed by atoms with van der Waals surface area (Å²) in [7, 11) is 0. The van der Waals surface area contributed by atoms with E-state index >= 15 is 0 Å². The number of hydrogen-bond donors (Lipinski definition) is 0. The van der Waals surface area contributed by atoms with Gasteiger partial charge in [-0.25, -0.2) is 0 Å². The monoisotopic (exact) mass is 354 g/mol. The first-order valence-corrected chi connectivity index (χ1v) is 8.08. The van der Waals surface area contributed by atoms with Crippen LogP contribution in [0.4, 0.5) is 13.2 Å². The van der Waals surface area contributed by atoms with E-state index in [0.717, 1.165) is 5.56 Å². The van der Waals surface area contributed by atoms with Crippen molar-refractivity contribution in [2.24, 2.45) is 5.92 Å². The number of likely N-dealkylation sites (tertiary alicyclic amines) is 1. The number of halogens is 3. The SMILES string of the molecule is C=CCN(CCc1ccccc1)C(=O)C1CC(=O)N(CC(F)(F)F)C1. The average Bonchev–Trinajstić information content (AvgIpc) is 2.91.